The summed E-state index contributed by atoms with van der Waals surface area (Å²) in [4.78, 5) is 37.7. The maximum Gasteiger partial charge on any atom is 0.320 e. The monoisotopic (exact) mass is 496 g/mol. The van der Waals surface area contributed by atoms with E-state index in [0.29, 0.717) is 38.8 Å². The van der Waals surface area contributed by atoms with Crippen molar-refractivity contribution in [3.63, 3.8) is 0 Å². The molecule has 0 aromatic carbocycles. The molecule has 1 unspecified atom stereocenters. The first-order chi connectivity index (χ1) is 15.6. The normalized spacial score (nSPS) is 13.3. The minimum absolute atomic E-state index is 0.0129. The van der Waals surface area contributed by atoms with Crippen LogP contribution in [0.1, 0.15) is 32.1 Å². The zero-order valence-corrected chi connectivity index (χ0v) is 19.0. The van der Waals surface area contributed by atoms with Crippen molar-refractivity contribution in [2.24, 2.45) is 55.9 Å². The second-order valence-electron chi connectivity index (χ2n) is 6.87. The Bertz CT molecular complexity index is 640. The summed E-state index contributed by atoms with van der Waals surface area (Å²) in [7, 11) is 0. The molecule has 0 saturated carbocycles. The number of guanidine groups is 2. The summed E-state index contributed by atoms with van der Waals surface area (Å²) in [6.07, 6.45) is 1.08. The zero-order valence-electron chi connectivity index (χ0n) is 19.0. The van der Waals surface area contributed by atoms with Crippen LogP contribution in [0.4, 0.5) is 0 Å². The number of carbonyl (C=O) groups is 3. The van der Waals surface area contributed by atoms with Crippen molar-refractivity contribution >= 4 is 29.8 Å². The van der Waals surface area contributed by atoms with Gasteiger partial charge < -0.3 is 66.3 Å². The molecule has 0 aliphatic carbocycles. The lowest BCUT2D eigenvalue weighted by molar-refractivity contribution is -0.140. The van der Waals surface area contributed by atoms with E-state index in [0.717, 1.165) is 0 Å². The highest BCUT2D eigenvalue weighted by Gasteiger charge is 2.16. The molecule has 0 heterocycles. The average molecular weight is 497 g/mol. The minimum Gasteiger partial charge on any atom is -0.480 e. The molecule has 0 fully saturated rings. The highest BCUT2D eigenvalue weighted by Crippen LogP contribution is 1.97. The Balaban J connectivity index is -0.000000431. The van der Waals surface area contributed by atoms with E-state index in [4.69, 9.17) is 66.3 Å². The molecule has 0 aliphatic rings. The van der Waals surface area contributed by atoms with Crippen LogP contribution in [0.3, 0.4) is 0 Å². The third-order valence-electron chi connectivity index (χ3n) is 3.65. The van der Waals surface area contributed by atoms with Crippen LogP contribution >= 0.6 is 0 Å². The van der Waals surface area contributed by atoms with E-state index >= 15 is 0 Å². The van der Waals surface area contributed by atoms with E-state index in [2.05, 4.69) is 9.98 Å². The fourth-order valence-corrected chi connectivity index (χ4v) is 1.78. The Hall–Kier alpha value is -3.25. The first-order valence-corrected chi connectivity index (χ1v) is 10.1. The number of aliphatic imine (C=N–C) groups is 2. The molecular weight excluding hydrogens is 456 g/mol. The Morgan fingerprint density at radius 3 is 1.47 bits per heavy atom. The van der Waals surface area contributed by atoms with Gasteiger partial charge >= 0.3 is 17.9 Å². The number of aliphatic hydroxyl groups is 1. The van der Waals surface area contributed by atoms with Gasteiger partial charge in [-0.05, 0) is 32.2 Å². The van der Waals surface area contributed by atoms with Gasteiger partial charge in [-0.15, -0.1) is 0 Å². The number of carboxylic acid groups (broad SMARTS) is 3. The number of nitrogens with two attached hydrogens (primary N) is 8. The molecule has 0 amide bonds. The molecule has 0 aromatic rings. The highest BCUT2D eigenvalue weighted by atomic mass is 16.4. The van der Waals surface area contributed by atoms with Crippen molar-refractivity contribution in [3.05, 3.63) is 0 Å². The van der Waals surface area contributed by atoms with Crippen LogP contribution < -0.4 is 45.9 Å². The third kappa shape index (κ3) is 26.8. The molecule has 0 aliphatic heterocycles. The van der Waals surface area contributed by atoms with Gasteiger partial charge in [0.2, 0.25) is 0 Å². The second-order valence-corrected chi connectivity index (χ2v) is 6.87. The van der Waals surface area contributed by atoms with Crippen LogP contribution in [0.2, 0.25) is 0 Å². The molecule has 0 aromatic heterocycles. The summed E-state index contributed by atoms with van der Waals surface area (Å²) in [6.45, 7) is 0.883. The van der Waals surface area contributed by atoms with Gasteiger partial charge in [0.25, 0.3) is 0 Å². The SMILES string of the molecule is NC(N)=NCC(O)C[C@H](N)C(=O)O.NC(N)=NCCC[C@H](N)C(=O)O.NCCC[C@H](N)C(=O)O. The maximum atomic E-state index is 10.3. The fraction of sp³-hybridized carbons (Fsp3) is 0.706. The number of hydrogen-bond acceptors (Lipinski definition) is 10. The number of rotatable bonds is 14. The molecular formula is C17H40N10O7. The van der Waals surface area contributed by atoms with Crippen LogP contribution in [-0.2, 0) is 14.4 Å². The van der Waals surface area contributed by atoms with Crippen molar-refractivity contribution in [2.75, 3.05) is 19.6 Å². The average Bonchev–Trinajstić information content (AvgIpc) is 2.73. The summed E-state index contributed by atoms with van der Waals surface area (Å²) < 4.78 is 0. The largest absolute Gasteiger partial charge is 0.480 e. The molecule has 17 heteroatoms. The molecule has 0 rings (SSSR count). The van der Waals surface area contributed by atoms with Gasteiger partial charge in [0, 0.05) is 13.0 Å². The van der Waals surface area contributed by atoms with Gasteiger partial charge in [-0.25, -0.2) is 0 Å². The molecule has 20 N–H and O–H groups in total. The van der Waals surface area contributed by atoms with Crippen molar-refractivity contribution < 1.29 is 34.8 Å². The van der Waals surface area contributed by atoms with Crippen molar-refractivity contribution in [2.45, 2.75) is 56.3 Å². The molecule has 0 bridgehead atoms. The number of nitrogens with zero attached hydrogens (tertiary/aromatic N) is 2. The first kappa shape index (κ1) is 35.3. The lowest BCUT2D eigenvalue weighted by atomic mass is 10.1. The summed E-state index contributed by atoms with van der Waals surface area (Å²) in [5.74, 6) is -3.26. The zero-order chi connectivity index (χ0) is 27.3. The van der Waals surface area contributed by atoms with Gasteiger partial charge in [0.1, 0.15) is 18.1 Å². The van der Waals surface area contributed by atoms with E-state index in [9.17, 15) is 14.4 Å². The van der Waals surface area contributed by atoms with Crippen molar-refractivity contribution in [1.29, 1.82) is 0 Å². The van der Waals surface area contributed by atoms with Gasteiger partial charge in [-0.1, -0.05) is 0 Å². The smallest absolute Gasteiger partial charge is 0.320 e. The van der Waals surface area contributed by atoms with Crippen molar-refractivity contribution in [1.82, 2.24) is 0 Å². The van der Waals surface area contributed by atoms with Crippen LogP contribution in [-0.4, -0.2) is 94.1 Å². The first-order valence-electron chi connectivity index (χ1n) is 10.1. The third-order valence-corrected chi connectivity index (χ3v) is 3.65. The van der Waals surface area contributed by atoms with E-state index in [1.807, 2.05) is 0 Å². The van der Waals surface area contributed by atoms with Crippen molar-refractivity contribution in [3.8, 4) is 0 Å². The predicted octanol–water partition coefficient (Wildman–Crippen LogP) is -4.99. The topological polar surface area (TPSA) is 365 Å². The Kier molecular flexibility index (Phi) is 22.4. The molecule has 0 spiro atoms. The maximum absolute atomic E-state index is 10.3. The van der Waals surface area contributed by atoms with Gasteiger partial charge in [0.05, 0.1) is 12.6 Å². The lowest BCUT2D eigenvalue weighted by Gasteiger charge is -2.10. The fourth-order valence-electron chi connectivity index (χ4n) is 1.78. The van der Waals surface area contributed by atoms with E-state index in [1.54, 1.807) is 0 Å². The molecule has 34 heavy (non-hydrogen) atoms. The summed E-state index contributed by atoms with van der Waals surface area (Å²) in [5, 5.41) is 34.2. The summed E-state index contributed by atoms with van der Waals surface area (Å²) >= 11 is 0. The van der Waals surface area contributed by atoms with Crippen LogP contribution in [0, 0.1) is 0 Å². The minimum atomic E-state index is -1.16. The number of aliphatic carboxylic acids is 3. The number of carboxylic acids is 3. The molecule has 17 nitrogen and oxygen atoms in total. The van der Waals surface area contributed by atoms with Gasteiger partial charge in [-0.3, -0.25) is 24.4 Å². The van der Waals surface area contributed by atoms with E-state index in [1.165, 1.54) is 0 Å². The molecule has 0 saturated heterocycles. The van der Waals surface area contributed by atoms with E-state index < -0.39 is 42.1 Å². The van der Waals surface area contributed by atoms with E-state index in [-0.39, 0.29) is 24.9 Å². The summed E-state index contributed by atoms with van der Waals surface area (Å²) in [6, 6.07) is -2.66. The molecule has 4 atom stereocenters. The molecule has 0 radical (unpaired) electrons. The lowest BCUT2D eigenvalue weighted by Crippen LogP contribution is -2.35. The quantitative estimate of drug-likeness (QED) is 0.0608. The molecule has 200 valence electrons. The Morgan fingerprint density at radius 2 is 1.12 bits per heavy atom. The highest BCUT2D eigenvalue weighted by molar-refractivity contribution is 5.76. The Labute approximate surface area is 197 Å². The standard InChI is InChI=1S/C6H14N4O3.C6H14N4O2.C5H12N2O2/c7-4(5(12)13)1-3(11)2-10-6(8)9;7-4(5(11)12)2-1-3-10-6(8)9;6-3-1-2-4(7)5(8)9/h3-4,11H,1-2,7H2,(H,12,13)(H4,8,9,10);4H,1-3,7H2,(H,11,12)(H4,8,9,10);4H,1-3,6-7H2,(H,8,9)/t3?,4-;2*4-/m000/s1. The summed E-state index contributed by atoms with van der Waals surface area (Å²) in [5.41, 5.74) is 40.8. The number of aliphatic hydroxyl groups excluding tert-OH is 1. The van der Waals surface area contributed by atoms with Crippen LogP contribution in [0.25, 0.3) is 0 Å². The Morgan fingerprint density at radius 1 is 0.706 bits per heavy atom. The number of hydrogen-bond donors (Lipinski definition) is 12. The predicted molar refractivity (Wildman–Crippen MR) is 126 cm³/mol. The van der Waals surface area contributed by atoms with Crippen LogP contribution in [0.5, 0.6) is 0 Å². The van der Waals surface area contributed by atoms with Gasteiger partial charge in [0.15, 0.2) is 11.9 Å². The van der Waals surface area contributed by atoms with Crippen LogP contribution in [0.15, 0.2) is 9.98 Å². The van der Waals surface area contributed by atoms with Gasteiger partial charge in [-0.2, -0.15) is 0 Å². The second kappa shape index (κ2) is 21.6.